The standard InChI is InChI=1S/C22H23N3O6/c1-14-2-4-15(5-3-14)13-31-18-7-6-16(10-23-18)12-25-9-8-17(26)20(22(25)30)21(29)24-11-19(27)28/h2-7,10,26H,8-9,11-13H2,1H3,(H,24,29)(H,27,28). The third kappa shape index (κ3) is 5.81. The van der Waals surface area contributed by atoms with Crippen LogP contribution >= 0.6 is 0 Å². The number of carbonyl (C=O) groups is 3. The Bertz CT molecular complexity index is 999. The number of aryl methyl sites for hydroxylation is 1. The van der Waals surface area contributed by atoms with E-state index in [0.717, 1.165) is 11.1 Å². The zero-order valence-corrected chi connectivity index (χ0v) is 17.0. The van der Waals surface area contributed by atoms with E-state index in [1.54, 1.807) is 18.3 Å². The highest BCUT2D eigenvalue weighted by Gasteiger charge is 2.32. The van der Waals surface area contributed by atoms with Gasteiger partial charge < -0.3 is 25.2 Å². The minimum Gasteiger partial charge on any atom is -0.511 e. The van der Waals surface area contributed by atoms with Crippen molar-refractivity contribution in [2.75, 3.05) is 13.1 Å². The summed E-state index contributed by atoms with van der Waals surface area (Å²) < 4.78 is 5.67. The summed E-state index contributed by atoms with van der Waals surface area (Å²) >= 11 is 0. The summed E-state index contributed by atoms with van der Waals surface area (Å²) in [5.74, 6) is -2.72. The number of carboxylic acid groups (broad SMARTS) is 1. The van der Waals surface area contributed by atoms with E-state index in [9.17, 15) is 19.5 Å². The molecular weight excluding hydrogens is 402 g/mol. The van der Waals surface area contributed by atoms with Crippen molar-refractivity contribution in [1.29, 1.82) is 0 Å². The lowest BCUT2D eigenvalue weighted by molar-refractivity contribution is -0.138. The minimum absolute atomic E-state index is 0.104. The molecule has 9 nitrogen and oxygen atoms in total. The summed E-state index contributed by atoms with van der Waals surface area (Å²) in [5, 5.41) is 20.7. The van der Waals surface area contributed by atoms with E-state index in [-0.39, 0.29) is 25.3 Å². The van der Waals surface area contributed by atoms with Gasteiger partial charge in [-0.05, 0) is 18.1 Å². The van der Waals surface area contributed by atoms with Gasteiger partial charge in [0.25, 0.3) is 11.8 Å². The largest absolute Gasteiger partial charge is 0.511 e. The number of ether oxygens (including phenoxy) is 1. The molecule has 0 bridgehead atoms. The number of benzene rings is 1. The summed E-state index contributed by atoms with van der Waals surface area (Å²) in [6, 6.07) is 11.5. The lowest BCUT2D eigenvalue weighted by atomic mass is 10.1. The number of nitrogens with one attached hydrogen (secondary N) is 1. The fraction of sp³-hybridized carbons (Fsp3) is 0.273. The van der Waals surface area contributed by atoms with Crippen LogP contribution in [0.1, 0.15) is 23.1 Å². The van der Waals surface area contributed by atoms with Crippen LogP contribution in [-0.2, 0) is 27.5 Å². The molecule has 0 saturated heterocycles. The number of aliphatic hydroxyl groups excluding tert-OH is 1. The van der Waals surface area contributed by atoms with Crippen molar-refractivity contribution in [3.63, 3.8) is 0 Å². The molecule has 0 unspecified atom stereocenters. The van der Waals surface area contributed by atoms with Gasteiger partial charge in [0.05, 0.1) is 0 Å². The van der Waals surface area contributed by atoms with Crippen molar-refractivity contribution >= 4 is 17.8 Å². The molecule has 0 fully saturated rings. The van der Waals surface area contributed by atoms with Gasteiger partial charge in [0.2, 0.25) is 5.88 Å². The second kappa shape index (κ2) is 9.75. The van der Waals surface area contributed by atoms with Gasteiger partial charge in [-0.15, -0.1) is 0 Å². The van der Waals surface area contributed by atoms with Crippen LogP contribution in [-0.4, -0.2) is 51.0 Å². The lowest BCUT2D eigenvalue weighted by Gasteiger charge is -2.28. The highest BCUT2D eigenvalue weighted by Crippen LogP contribution is 2.20. The summed E-state index contributed by atoms with van der Waals surface area (Å²) in [7, 11) is 0. The van der Waals surface area contributed by atoms with Crippen LogP contribution in [0.5, 0.6) is 5.88 Å². The molecule has 1 aliphatic heterocycles. The molecule has 0 aliphatic carbocycles. The Morgan fingerprint density at radius 1 is 1.16 bits per heavy atom. The highest BCUT2D eigenvalue weighted by atomic mass is 16.5. The molecule has 2 heterocycles. The van der Waals surface area contributed by atoms with Gasteiger partial charge in [-0.1, -0.05) is 35.9 Å². The number of rotatable bonds is 8. The number of nitrogens with zero attached hydrogens (tertiary/aromatic N) is 2. The second-order valence-electron chi connectivity index (χ2n) is 7.15. The molecule has 3 rings (SSSR count). The molecule has 0 spiro atoms. The van der Waals surface area contributed by atoms with Crippen LogP contribution in [0.15, 0.2) is 53.9 Å². The molecule has 3 N–H and O–H groups in total. The van der Waals surface area contributed by atoms with Crippen molar-refractivity contribution in [2.24, 2.45) is 0 Å². The summed E-state index contributed by atoms with van der Waals surface area (Å²) in [6.07, 6.45) is 1.69. The Hall–Kier alpha value is -3.88. The van der Waals surface area contributed by atoms with Crippen LogP contribution in [0.4, 0.5) is 0 Å². The number of carbonyl (C=O) groups excluding carboxylic acids is 2. The van der Waals surface area contributed by atoms with Crippen molar-refractivity contribution in [3.05, 3.63) is 70.6 Å². The molecule has 0 radical (unpaired) electrons. The third-order valence-corrected chi connectivity index (χ3v) is 4.71. The first-order chi connectivity index (χ1) is 14.8. The fourth-order valence-electron chi connectivity index (χ4n) is 3.02. The fourth-order valence-corrected chi connectivity index (χ4v) is 3.02. The number of hydrogen-bond donors (Lipinski definition) is 3. The Morgan fingerprint density at radius 2 is 1.87 bits per heavy atom. The molecular formula is C22H23N3O6. The van der Waals surface area contributed by atoms with Gasteiger partial charge in [-0.3, -0.25) is 14.4 Å². The molecule has 1 aromatic carbocycles. The Labute approximate surface area is 179 Å². The van der Waals surface area contributed by atoms with Crippen LogP contribution in [0.2, 0.25) is 0 Å². The van der Waals surface area contributed by atoms with Gasteiger partial charge in [0, 0.05) is 31.8 Å². The first-order valence-electron chi connectivity index (χ1n) is 9.68. The first kappa shape index (κ1) is 21.8. The number of amides is 2. The third-order valence-electron chi connectivity index (χ3n) is 4.71. The lowest BCUT2D eigenvalue weighted by Crippen LogP contribution is -2.43. The molecule has 2 amide bonds. The Morgan fingerprint density at radius 3 is 2.52 bits per heavy atom. The highest BCUT2D eigenvalue weighted by molar-refractivity contribution is 6.19. The predicted molar refractivity (Wildman–Crippen MR) is 110 cm³/mol. The van der Waals surface area contributed by atoms with E-state index >= 15 is 0 Å². The Balaban J connectivity index is 1.59. The summed E-state index contributed by atoms with van der Waals surface area (Å²) in [6.45, 7) is 2.17. The second-order valence-corrected chi connectivity index (χ2v) is 7.15. The normalized spacial score (nSPS) is 13.8. The molecule has 1 aliphatic rings. The maximum atomic E-state index is 12.6. The van der Waals surface area contributed by atoms with Crippen molar-refractivity contribution in [1.82, 2.24) is 15.2 Å². The van der Waals surface area contributed by atoms with Gasteiger partial charge in [0.1, 0.15) is 24.5 Å². The van der Waals surface area contributed by atoms with Crippen LogP contribution in [0.3, 0.4) is 0 Å². The van der Waals surface area contributed by atoms with E-state index in [1.807, 2.05) is 31.2 Å². The molecule has 31 heavy (non-hydrogen) atoms. The molecule has 162 valence electrons. The smallest absolute Gasteiger partial charge is 0.322 e. The molecule has 9 heteroatoms. The number of aromatic nitrogens is 1. The van der Waals surface area contributed by atoms with Crippen molar-refractivity contribution < 1.29 is 29.3 Å². The van der Waals surface area contributed by atoms with E-state index in [4.69, 9.17) is 9.84 Å². The molecule has 1 aromatic heterocycles. The van der Waals surface area contributed by atoms with Gasteiger partial charge in [-0.25, -0.2) is 4.98 Å². The van der Waals surface area contributed by atoms with E-state index in [0.29, 0.717) is 12.5 Å². The maximum Gasteiger partial charge on any atom is 0.322 e. The number of aliphatic hydroxyl groups is 1. The monoisotopic (exact) mass is 425 g/mol. The van der Waals surface area contributed by atoms with Gasteiger partial charge in [-0.2, -0.15) is 0 Å². The summed E-state index contributed by atoms with van der Waals surface area (Å²) in [5.41, 5.74) is 2.49. The zero-order valence-electron chi connectivity index (χ0n) is 17.0. The zero-order chi connectivity index (χ0) is 22.4. The van der Waals surface area contributed by atoms with Crippen LogP contribution in [0, 0.1) is 6.92 Å². The van der Waals surface area contributed by atoms with E-state index < -0.39 is 29.9 Å². The van der Waals surface area contributed by atoms with Crippen molar-refractivity contribution in [2.45, 2.75) is 26.5 Å². The minimum atomic E-state index is -1.25. The van der Waals surface area contributed by atoms with Crippen molar-refractivity contribution in [3.8, 4) is 5.88 Å². The summed E-state index contributed by atoms with van der Waals surface area (Å²) in [4.78, 5) is 41.0. The topological polar surface area (TPSA) is 129 Å². The van der Waals surface area contributed by atoms with Gasteiger partial charge in [0.15, 0.2) is 0 Å². The Kier molecular flexibility index (Phi) is 6.86. The van der Waals surface area contributed by atoms with Crippen LogP contribution in [0.25, 0.3) is 0 Å². The first-order valence-corrected chi connectivity index (χ1v) is 9.68. The number of carboxylic acids is 1. The predicted octanol–water partition coefficient (Wildman–Crippen LogP) is 1.71. The van der Waals surface area contributed by atoms with E-state index in [2.05, 4.69) is 10.3 Å². The number of hydrogen-bond acceptors (Lipinski definition) is 6. The average molecular weight is 425 g/mol. The number of aliphatic carboxylic acids is 1. The van der Waals surface area contributed by atoms with Crippen LogP contribution < -0.4 is 10.1 Å². The maximum absolute atomic E-state index is 12.6. The quantitative estimate of drug-likeness (QED) is 0.549. The average Bonchev–Trinajstić information content (AvgIpc) is 2.75. The molecule has 0 atom stereocenters. The molecule has 0 saturated carbocycles. The van der Waals surface area contributed by atoms with Gasteiger partial charge >= 0.3 is 5.97 Å². The molecule has 2 aromatic rings. The number of pyridine rings is 1. The van der Waals surface area contributed by atoms with E-state index in [1.165, 1.54) is 10.5 Å². The SMILES string of the molecule is Cc1ccc(COc2ccc(CN3CCC(O)=C(C(=O)NCC(=O)O)C3=O)cn2)cc1.